The van der Waals surface area contributed by atoms with Crippen LogP contribution in [0.25, 0.3) is 22.3 Å². The van der Waals surface area contributed by atoms with Gasteiger partial charge < -0.3 is 4.90 Å². The molecule has 0 saturated carbocycles. The van der Waals surface area contributed by atoms with E-state index in [2.05, 4.69) is 131 Å². The highest BCUT2D eigenvalue weighted by molar-refractivity contribution is 5.85. The summed E-state index contributed by atoms with van der Waals surface area (Å²) in [6, 6.07) is 32.0. The summed E-state index contributed by atoms with van der Waals surface area (Å²) in [6.07, 6.45) is 2.02. The number of fused-ring (bicyclic) bond motifs is 3. The molecular formula is C34H37N. The van der Waals surface area contributed by atoms with E-state index in [1.807, 2.05) is 0 Å². The van der Waals surface area contributed by atoms with Crippen LogP contribution in [-0.2, 0) is 18.3 Å². The number of aryl methyl sites for hydroxylation is 2. The van der Waals surface area contributed by atoms with Crippen molar-refractivity contribution in [3.63, 3.8) is 0 Å². The Labute approximate surface area is 211 Å². The van der Waals surface area contributed by atoms with E-state index < -0.39 is 0 Å². The van der Waals surface area contributed by atoms with Crippen LogP contribution in [0.1, 0.15) is 63.8 Å². The minimum Gasteiger partial charge on any atom is -0.338 e. The highest BCUT2D eigenvalue weighted by Gasteiger charge is 2.36. The van der Waals surface area contributed by atoms with Gasteiger partial charge in [-0.25, -0.2) is 0 Å². The summed E-state index contributed by atoms with van der Waals surface area (Å²) in [5.41, 5.74) is 13.7. The second-order valence-electron chi connectivity index (χ2n) is 10.6. The van der Waals surface area contributed by atoms with Crippen LogP contribution < -0.4 is 4.90 Å². The van der Waals surface area contributed by atoms with E-state index in [0.717, 1.165) is 12.8 Å². The van der Waals surface area contributed by atoms with Gasteiger partial charge in [0.1, 0.15) is 0 Å². The van der Waals surface area contributed by atoms with Crippen LogP contribution >= 0.6 is 0 Å². The molecule has 4 aromatic carbocycles. The van der Waals surface area contributed by atoms with Crippen LogP contribution in [0.5, 0.6) is 0 Å². The lowest BCUT2D eigenvalue weighted by Crippen LogP contribution is -2.28. The summed E-state index contributed by atoms with van der Waals surface area (Å²) in [4.78, 5) is 2.59. The summed E-state index contributed by atoms with van der Waals surface area (Å²) in [5, 5.41) is 0. The molecule has 1 nitrogen and oxygen atoms in total. The van der Waals surface area contributed by atoms with Crippen molar-refractivity contribution in [3.8, 4) is 22.3 Å². The molecule has 0 saturated heterocycles. The average Bonchev–Trinajstić information content (AvgIpc) is 3.10. The predicted octanol–water partition coefficient (Wildman–Crippen LogP) is 9.33. The predicted molar refractivity (Wildman–Crippen MR) is 152 cm³/mol. The molecule has 1 aliphatic carbocycles. The van der Waals surface area contributed by atoms with Crippen LogP contribution in [0.15, 0.2) is 84.9 Å². The molecule has 0 unspecified atom stereocenters. The first-order valence-electron chi connectivity index (χ1n) is 13.1. The van der Waals surface area contributed by atoms with Crippen molar-refractivity contribution < 1.29 is 0 Å². The van der Waals surface area contributed by atoms with Gasteiger partial charge >= 0.3 is 0 Å². The van der Waals surface area contributed by atoms with Crippen molar-refractivity contribution in [2.45, 2.75) is 65.8 Å². The maximum Gasteiger partial charge on any atom is 0.0451 e. The Hall–Kier alpha value is -3.32. The highest BCUT2D eigenvalue weighted by atomic mass is 15.2. The number of rotatable bonds is 6. The number of nitrogens with zero attached hydrogens (tertiary/aromatic N) is 1. The molecule has 1 aliphatic rings. The van der Waals surface area contributed by atoms with Gasteiger partial charge in [-0.1, -0.05) is 94.4 Å². The zero-order valence-corrected chi connectivity index (χ0v) is 22.0. The third kappa shape index (κ3) is 3.88. The van der Waals surface area contributed by atoms with Gasteiger partial charge in [0.15, 0.2) is 0 Å². The van der Waals surface area contributed by atoms with Gasteiger partial charge in [-0.3, -0.25) is 0 Å². The van der Waals surface area contributed by atoms with E-state index in [4.69, 9.17) is 0 Å². The van der Waals surface area contributed by atoms with Crippen LogP contribution in [0.4, 0.5) is 11.4 Å². The second-order valence-corrected chi connectivity index (χ2v) is 10.6. The van der Waals surface area contributed by atoms with E-state index >= 15 is 0 Å². The number of hydrogen-bond donors (Lipinski definition) is 0. The molecule has 0 aliphatic heterocycles. The quantitative estimate of drug-likeness (QED) is 0.278. The molecule has 0 amide bonds. The van der Waals surface area contributed by atoms with Gasteiger partial charge in [-0.2, -0.15) is 0 Å². The molecule has 0 spiro atoms. The van der Waals surface area contributed by atoms with Crippen LogP contribution in [-0.4, -0.2) is 6.04 Å². The molecular weight excluding hydrogens is 422 g/mol. The van der Waals surface area contributed by atoms with Gasteiger partial charge in [-0.15, -0.1) is 0 Å². The van der Waals surface area contributed by atoms with Gasteiger partial charge in [0.2, 0.25) is 0 Å². The van der Waals surface area contributed by atoms with Gasteiger partial charge in [0.25, 0.3) is 0 Å². The molecule has 1 heteroatoms. The zero-order chi connectivity index (χ0) is 24.7. The minimum atomic E-state index is -0.00489. The highest BCUT2D eigenvalue weighted by Crippen LogP contribution is 2.51. The lowest BCUT2D eigenvalue weighted by Gasteiger charge is -2.34. The van der Waals surface area contributed by atoms with Crippen molar-refractivity contribution in [2.75, 3.05) is 4.90 Å². The van der Waals surface area contributed by atoms with Crippen molar-refractivity contribution >= 4 is 11.4 Å². The Bertz CT molecular complexity index is 1360. The number of hydrogen-bond acceptors (Lipinski definition) is 1. The topological polar surface area (TPSA) is 3.24 Å². The summed E-state index contributed by atoms with van der Waals surface area (Å²) in [5.74, 6) is 0. The molecule has 178 valence electrons. The Kier molecular flexibility index (Phi) is 6.05. The van der Waals surface area contributed by atoms with Crippen LogP contribution in [0.3, 0.4) is 0 Å². The molecule has 4 aromatic rings. The first-order valence-corrected chi connectivity index (χ1v) is 13.1. The molecule has 0 radical (unpaired) electrons. The van der Waals surface area contributed by atoms with E-state index in [1.54, 1.807) is 0 Å². The maximum absolute atomic E-state index is 2.59. The Balaban J connectivity index is 1.72. The van der Waals surface area contributed by atoms with Crippen molar-refractivity contribution in [1.29, 1.82) is 0 Å². The molecule has 0 bridgehead atoms. The number of anilines is 2. The van der Waals surface area contributed by atoms with E-state index in [-0.39, 0.29) is 5.41 Å². The maximum atomic E-state index is 2.59. The minimum absolute atomic E-state index is 0.00489. The first-order chi connectivity index (χ1) is 16.9. The zero-order valence-electron chi connectivity index (χ0n) is 22.0. The largest absolute Gasteiger partial charge is 0.338 e. The Morgan fingerprint density at radius 2 is 1.29 bits per heavy atom. The summed E-state index contributed by atoms with van der Waals surface area (Å²) in [7, 11) is 0. The summed E-state index contributed by atoms with van der Waals surface area (Å²) >= 11 is 0. The molecule has 0 heterocycles. The average molecular weight is 460 g/mol. The van der Waals surface area contributed by atoms with Gasteiger partial charge in [0.05, 0.1) is 0 Å². The van der Waals surface area contributed by atoms with Crippen molar-refractivity contribution in [1.82, 2.24) is 0 Å². The van der Waals surface area contributed by atoms with Crippen molar-refractivity contribution in [2.24, 2.45) is 0 Å². The number of benzene rings is 4. The third-order valence-corrected chi connectivity index (χ3v) is 7.77. The molecule has 5 rings (SSSR count). The lowest BCUT2D eigenvalue weighted by molar-refractivity contribution is 0.659. The fourth-order valence-corrected chi connectivity index (χ4v) is 5.87. The van der Waals surface area contributed by atoms with Crippen LogP contribution in [0, 0.1) is 0 Å². The summed E-state index contributed by atoms with van der Waals surface area (Å²) in [6.45, 7) is 13.9. The monoisotopic (exact) mass is 459 g/mol. The fourth-order valence-electron chi connectivity index (χ4n) is 5.87. The lowest BCUT2D eigenvalue weighted by atomic mass is 9.82. The van der Waals surface area contributed by atoms with Crippen LogP contribution in [0.2, 0.25) is 0 Å². The van der Waals surface area contributed by atoms with E-state index in [0.29, 0.717) is 6.04 Å². The third-order valence-electron chi connectivity index (χ3n) is 7.77. The van der Waals surface area contributed by atoms with Gasteiger partial charge in [-0.05, 0) is 89.4 Å². The molecule has 35 heavy (non-hydrogen) atoms. The molecule has 0 aromatic heterocycles. The molecule has 0 N–H and O–H groups in total. The van der Waals surface area contributed by atoms with Crippen molar-refractivity contribution in [3.05, 3.63) is 107 Å². The SMILES string of the molecule is CCc1ccc(-c2ccccc2)cc1N(c1cc2c(cc1CC)-c1ccccc1C2(C)C)C(C)C. The Morgan fingerprint density at radius 1 is 0.629 bits per heavy atom. The summed E-state index contributed by atoms with van der Waals surface area (Å²) < 4.78 is 0. The van der Waals surface area contributed by atoms with E-state index in [9.17, 15) is 0 Å². The molecule has 0 fully saturated rings. The Morgan fingerprint density at radius 3 is 1.97 bits per heavy atom. The van der Waals surface area contributed by atoms with E-state index in [1.165, 1.54) is 55.9 Å². The standard InChI is InChI=1S/C34H37N/c1-7-24-18-19-27(26-14-10-9-11-15-26)21-32(24)35(23(3)4)33-22-31-29(20-25(33)8-2)28-16-12-13-17-30(28)34(31,5)6/h9-23H,7-8H2,1-6H3. The normalized spacial score (nSPS) is 13.6. The fraction of sp³-hybridized carbons (Fsp3) is 0.294. The molecule has 0 atom stereocenters. The first kappa shape index (κ1) is 23.4. The van der Waals surface area contributed by atoms with Gasteiger partial charge in [0, 0.05) is 22.8 Å². The smallest absolute Gasteiger partial charge is 0.0451 e. The second kappa shape index (κ2) is 9.04.